The van der Waals surface area contributed by atoms with Crippen LogP contribution >= 0.6 is 11.8 Å². The monoisotopic (exact) mass is 375 g/mol. The highest BCUT2D eigenvalue weighted by Gasteiger charge is 2.17. The summed E-state index contributed by atoms with van der Waals surface area (Å²) in [6.07, 6.45) is 3.28. The van der Waals surface area contributed by atoms with Crippen LogP contribution < -0.4 is 25.8 Å². The van der Waals surface area contributed by atoms with E-state index >= 15 is 0 Å². The molecule has 0 unspecified atom stereocenters. The zero-order chi connectivity index (χ0) is 18.9. The van der Waals surface area contributed by atoms with Crippen LogP contribution in [-0.2, 0) is 0 Å². The molecule has 1 aromatic carbocycles. The maximum Gasteiger partial charge on any atom is 0.162 e. The highest BCUT2D eigenvalue weighted by molar-refractivity contribution is 7.99. The number of ether oxygens (including phenoxy) is 2. The Morgan fingerprint density at radius 2 is 1.81 bits per heavy atom. The molecule has 1 saturated heterocycles. The van der Waals surface area contributed by atoms with Crippen LogP contribution in [0.4, 0.5) is 5.82 Å². The lowest BCUT2D eigenvalue weighted by Crippen LogP contribution is -2.33. The molecule has 140 valence electrons. The molecule has 0 saturated carbocycles. The van der Waals surface area contributed by atoms with Crippen molar-refractivity contribution in [1.82, 2.24) is 9.97 Å². The van der Waals surface area contributed by atoms with Gasteiger partial charge in [-0.25, -0.2) is 9.97 Å². The van der Waals surface area contributed by atoms with E-state index in [0.29, 0.717) is 11.5 Å². The first-order valence-corrected chi connectivity index (χ1v) is 9.37. The van der Waals surface area contributed by atoms with Gasteiger partial charge in [-0.15, -0.1) is 0 Å². The van der Waals surface area contributed by atoms with Crippen molar-refractivity contribution in [2.75, 3.05) is 43.7 Å². The van der Waals surface area contributed by atoms with Crippen molar-refractivity contribution in [3.8, 4) is 11.5 Å². The Kier molecular flexibility index (Phi) is 7.44. The second kappa shape index (κ2) is 9.79. The Morgan fingerprint density at radius 3 is 2.35 bits per heavy atom. The van der Waals surface area contributed by atoms with Crippen LogP contribution in [0.2, 0.25) is 0 Å². The normalized spacial score (nSPS) is 13.3. The fraction of sp³-hybridized carbons (Fsp3) is 0.389. The van der Waals surface area contributed by atoms with Crippen molar-refractivity contribution in [2.24, 2.45) is 11.5 Å². The van der Waals surface area contributed by atoms with Crippen molar-refractivity contribution in [3.05, 3.63) is 36.1 Å². The van der Waals surface area contributed by atoms with E-state index in [2.05, 4.69) is 20.6 Å². The SMILES string of the molecule is CC=C=C(N)N.COc1cc2ncnc(N3CCSCC3)c2cc1OC. The van der Waals surface area contributed by atoms with Gasteiger partial charge >= 0.3 is 0 Å². The van der Waals surface area contributed by atoms with Gasteiger partial charge in [0.1, 0.15) is 18.0 Å². The van der Waals surface area contributed by atoms with Gasteiger partial charge in [-0.3, -0.25) is 0 Å². The summed E-state index contributed by atoms with van der Waals surface area (Å²) in [5, 5.41) is 1.01. The molecule has 0 atom stereocenters. The minimum Gasteiger partial charge on any atom is -0.493 e. The quantitative estimate of drug-likeness (QED) is 0.787. The van der Waals surface area contributed by atoms with E-state index < -0.39 is 0 Å². The summed E-state index contributed by atoms with van der Waals surface area (Å²) in [5.41, 5.74) is 13.3. The summed E-state index contributed by atoms with van der Waals surface area (Å²) in [6, 6.07) is 3.86. The Labute approximate surface area is 158 Å². The number of thioether (sulfide) groups is 1. The topological polar surface area (TPSA) is 99.5 Å². The molecular formula is C18H25N5O2S. The minimum atomic E-state index is 0.234. The van der Waals surface area contributed by atoms with Crippen molar-refractivity contribution in [1.29, 1.82) is 0 Å². The van der Waals surface area contributed by atoms with E-state index in [1.807, 2.05) is 23.9 Å². The van der Waals surface area contributed by atoms with E-state index in [4.69, 9.17) is 20.9 Å². The number of anilines is 1. The van der Waals surface area contributed by atoms with Gasteiger partial charge in [-0.2, -0.15) is 11.8 Å². The van der Waals surface area contributed by atoms with Crippen LogP contribution in [0.1, 0.15) is 6.92 Å². The number of rotatable bonds is 3. The molecule has 1 fully saturated rings. The summed E-state index contributed by atoms with van der Waals surface area (Å²) in [5.74, 6) is 4.90. The predicted molar refractivity (Wildman–Crippen MR) is 108 cm³/mol. The number of nitrogens with zero attached hydrogens (tertiary/aromatic N) is 3. The summed E-state index contributed by atoms with van der Waals surface area (Å²) >= 11 is 1.98. The molecule has 0 spiro atoms. The average Bonchev–Trinajstić information content (AvgIpc) is 2.67. The smallest absolute Gasteiger partial charge is 0.162 e. The molecule has 4 N–H and O–H groups in total. The van der Waals surface area contributed by atoms with Crippen molar-refractivity contribution < 1.29 is 9.47 Å². The molecule has 3 rings (SSSR count). The number of hydrogen-bond acceptors (Lipinski definition) is 8. The molecular weight excluding hydrogens is 350 g/mol. The van der Waals surface area contributed by atoms with Crippen LogP contribution in [0.3, 0.4) is 0 Å². The molecule has 1 aliphatic rings. The van der Waals surface area contributed by atoms with Gasteiger partial charge in [-0.1, -0.05) is 5.73 Å². The highest BCUT2D eigenvalue weighted by atomic mass is 32.2. The molecule has 2 aromatic rings. The number of methoxy groups -OCH3 is 2. The largest absolute Gasteiger partial charge is 0.493 e. The summed E-state index contributed by atoms with van der Waals surface area (Å²) in [6.45, 7) is 3.84. The summed E-state index contributed by atoms with van der Waals surface area (Å²) < 4.78 is 10.7. The molecule has 0 amide bonds. The molecule has 1 aliphatic heterocycles. The number of allylic oxidation sites excluding steroid dienone is 1. The number of fused-ring (bicyclic) bond motifs is 1. The van der Waals surface area contributed by atoms with Crippen LogP contribution in [0.15, 0.2) is 36.1 Å². The second-order valence-corrected chi connectivity index (χ2v) is 6.63. The zero-order valence-corrected chi connectivity index (χ0v) is 16.2. The number of benzene rings is 1. The van der Waals surface area contributed by atoms with Crippen molar-refractivity contribution in [2.45, 2.75) is 6.92 Å². The van der Waals surface area contributed by atoms with Gasteiger partial charge < -0.3 is 25.8 Å². The lowest BCUT2D eigenvalue weighted by atomic mass is 10.2. The van der Waals surface area contributed by atoms with E-state index in [1.165, 1.54) is 0 Å². The summed E-state index contributed by atoms with van der Waals surface area (Å²) in [4.78, 5) is 11.1. The Hall–Kier alpha value is -2.57. The fourth-order valence-corrected chi connectivity index (χ4v) is 3.47. The van der Waals surface area contributed by atoms with E-state index in [9.17, 15) is 0 Å². The van der Waals surface area contributed by atoms with Crippen LogP contribution in [0, 0.1) is 0 Å². The molecule has 7 nitrogen and oxygen atoms in total. The van der Waals surface area contributed by atoms with E-state index in [1.54, 1.807) is 33.5 Å². The van der Waals surface area contributed by atoms with Gasteiger partial charge in [0.05, 0.1) is 19.7 Å². The number of aromatic nitrogens is 2. The zero-order valence-electron chi connectivity index (χ0n) is 15.4. The maximum atomic E-state index is 5.38. The van der Waals surface area contributed by atoms with Crippen molar-refractivity contribution >= 4 is 28.5 Å². The van der Waals surface area contributed by atoms with Crippen molar-refractivity contribution in [3.63, 3.8) is 0 Å². The summed E-state index contributed by atoms with van der Waals surface area (Å²) in [7, 11) is 3.28. The van der Waals surface area contributed by atoms with E-state index in [-0.39, 0.29) is 5.82 Å². The molecule has 0 radical (unpaired) electrons. The first-order chi connectivity index (χ1) is 12.6. The van der Waals surface area contributed by atoms with Crippen LogP contribution in [0.25, 0.3) is 10.9 Å². The predicted octanol–water partition coefficient (Wildman–Crippen LogP) is 2.12. The third kappa shape index (κ3) is 4.97. The van der Waals surface area contributed by atoms with E-state index in [0.717, 1.165) is 41.3 Å². The van der Waals surface area contributed by atoms with Gasteiger partial charge in [0.25, 0.3) is 0 Å². The molecule has 0 bridgehead atoms. The maximum absolute atomic E-state index is 5.38. The Bertz CT molecular complexity index is 796. The third-order valence-electron chi connectivity index (χ3n) is 3.74. The average molecular weight is 375 g/mol. The first kappa shape index (κ1) is 19.8. The minimum absolute atomic E-state index is 0.234. The molecule has 1 aromatic heterocycles. The highest BCUT2D eigenvalue weighted by Crippen LogP contribution is 2.35. The van der Waals surface area contributed by atoms with Crippen LogP contribution in [0.5, 0.6) is 11.5 Å². The second-order valence-electron chi connectivity index (χ2n) is 5.41. The number of hydrogen-bond donors (Lipinski definition) is 2. The molecule has 26 heavy (non-hydrogen) atoms. The Balaban J connectivity index is 0.000000352. The molecule has 0 aliphatic carbocycles. The standard InChI is InChI=1S/C14H17N3O2S.C4H8N2/c1-18-12-7-10-11(8-13(12)19-2)15-9-16-14(10)17-3-5-20-6-4-17;1-2-3-4(5)6/h7-9H,3-6H2,1-2H3;2H,5-6H2,1H3. The number of nitrogens with two attached hydrogens (primary N) is 2. The molecule has 8 heteroatoms. The Morgan fingerprint density at radius 1 is 1.15 bits per heavy atom. The van der Waals surface area contributed by atoms with Crippen LogP contribution in [-0.4, -0.2) is 48.8 Å². The van der Waals surface area contributed by atoms with Gasteiger partial charge in [0.15, 0.2) is 11.5 Å². The third-order valence-corrected chi connectivity index (χ3v) is 4.68. The fourth-order valence-electron chi connectivity index (χ4n) is 2.56. The van der Waals surface area contributed by atoms with Gasteiger partial charge in [0.2, 0.25) is 0 Å². The lowest BCUT2D eigenvalue weighted by Gasteiger charge is -2.28. The van der Waals surface area contributed by atoms with Gasteiger partial charge in [-0.05, 0) is 19.1 Å². The lowest BCUT2D eigenvalue weighted by molar-refractivity contribution is 0.356. The molecule has 2 heterocycles. The van der Waals surface area contributed by atoms with Gasteiger partial charge in [0, 0.05) is 36.0 Å². The first-order valence-electron chi connectivity index (χ1n) is 8.22.